The van der Waals surface area contributed by atoms with Gasteiger partial charge in [0.05, 0.1) is 6.26 Å². The summed E-state index contributed by atoms with van der Waals surface area (Å²) in [5.41, 5.74) is 1.06. The molecule has 0 aliphatic heterocycles. The van der Waals surface area contributed by atoms with Crippen molar-refractivity contribution in [3.8, 4) is 0 Å². The number of hydrogen-bond donors (Lipinski definition) is 3. The Morgan fingerprint density at radius 3 is 2.26 bits per heavy atom. The van der Waals surface area contributed by atoms with Gasteiger partial charge in [-0.25, -0.2) is 13.2 Å². The van der Waals surface area contributed by atoms with E-state index in [1.807, 2.05) is 6.92 Å². The lowest BCUT2D eigenvalue weighted by Gasteiger charge is -2.08. The van der Waals surface area contributed by atoms with E-state index in [0.717, 1.165) is 19.1 Å². The average Bonchev–Trinajstić information content (AvgIpc) is 2.30. The van der Waals surface area contributed by atoms with Crippen LogP contribution in [0.25, 0.3) is 0 Å². The number of carbonyl (C=O) groups excluding carboxylic acids is 1. The Labute approximate surface area is 113 Å². The Kier molecular flexibility index (Phi) is 5.62. The molecule has 0 atom stereocenters. The van der Waals surface area contributed by atoms with Crippen molar-refractivity contribution in [1.82, 2.24) is 5.32 Å². The molecule has 0 aliphatic rings. The molecule has 19 heavy (non-hydrogen) atoms. The number of anilines is 2. The molecule has 0 saturated carbocycles. The summed E-state index contributed by atoms with van der Waals surface area (Å²) in [7, 11) is -3.28. The summed E-state index contributed by atoms with van der Waals surface area (Å²) in [5.74, 6) is 0. The number of rotatable bonds is 6. The Bertz CT molecular complexity index is 512. The van der Waals surface area contributed by atoms with E-state index in [1.54, 1.807) is 24.3 Å². The van der Waals surface area contributed by atoms with Gasteiger partial charge in [0, 0.05) is 17.9 Å². The van der Waals surface area contributed by atoms with Gasteiger partial charge in [0.15, 0.2) is 0 Å². The maximum absolute atomic E-state index is 11.5. The molecule has 0 unspecified atom stereocenters. The fourth-order valence-corrected chi connectivity index (χ4v) is 1.95. The fourth-order valence-electron chi connectivity index (χ4n) is 1.39. The Balaban J connectivity index is 2.50. The zero-order chi connectivity index (χ0) is 14.3. The standard InChI is InChI=1S/C12H19N3O3S/c1-3-4-9-13-12(16)14-10-5-7-11(8-6-10)15-19(2,17)18/h5-8,15H,3-4,9H2,1-2H3,(H2,13,14,16). The summed E-state index contributed by atoms with van der Waals surface area (Å²) in [4.78, 5) is 11.5. The predicted molar refractivity (Wildman–Crippen MR) is 76.8 cm³/mol. The largest absolute Gasteiger partial charge is 0.338 e. The third-order valence-corrected chi connectivity index (χ3v) is 2.87. The van der Waals surface area contributed by atoms with Gasteiger partial charge in [0.2, 0.25) is 10.0 Å². The van der Waals surface area contributed by atoms with E-state index in [-0.39, 0.29) is 6.03 Å². The van der Waals surface area contributed by atoms with Crippen LogP contribution in [0.3, 0.4) is 0 Å². The van der Waals surface area contributed by atoms with E-state index in [4.69, 9.17) is 0 Å². The van der Waals surface area contributed by atoms with Crippen LogP contribution >= 0.6 is 0 Å². The molecule has 106 valence electrons. The minimum atomic E-state index is -3.28. The minimum Gasteiger partial charge on any atom is -0.338 e. The Hall–Kier alpha value is -1.76. The zero-order valence-corrected chi connectivity index (χ0v) is 11.9. The van der Waals surface area contributed by atoms with Gasteiger partial charge in [-0.2, -0.15) is 0 Å². The summed E-state index contributed by atoms with van der Waals surface area (Å²) in [6.45, 7) is 2.68. The number of amides is 2. The molecule has 7 heteroatoms. The summed E-state index contributed by atoms with van der Waals surface area (Å²) in [5, 5.41) is 5.39. The van der Waals surface area contributed by atoms with Crippen molar-refractivity contribution < 1.29 is 13.2 Å². The van der Waals surface area contributed by atoms with Gasteiger partial charge in [-0.05, 0) is 30.7 Å². The third kappa shape index (κ3) is 6.66. The zero-order valence-electron chi connectivity index (χ0n) is 11.1. The van der Waals surface area contributed by atoms with Crippen molar-refractivity contribution >= 4 is 27.4 Å². The van der Waals surface area contributed by atoms with E-state index in [2.05, 4.69) is 15.4 Å². The molecular weight excluding hydrogens is 266 g/mol. The van der Waals surface area contributed by atoms with Crippen LogP contribution in [-0.2, 0) is 10.0 Å². The average molecular weight is 285 g/mol. The summed E-state index contributed by atoms with van der Waals surface area (Å²) < 4.78 is 24.4. The van der Waals surface area contributed by atoms with E-state index < -0.39 is 10.0 Å². The van der Waals surface area contributed by atoms with Gasteiger partial charge in [0.25, 0.3) is 0 Å². The molecule has 0 radical (unpaired) electrons. The van der Waals surface area contributed by atoms with Gasteiger partial charge in [-0.15, -0.1) is 0 Å². The molecule has 0 aliphatic carbocycles. The van der Waals surface area contributed by atoms with E-state index in [1.165, 1.54) is 0 Å². The maximum Gasteiger partial charge on any atom is 0.319 e. The van der Waals surface area contributed by atoms with E-state index in [9.17, 15) is 13.2 Å². The first-order valence-corrected chi connectivity index (χ1v) is 7.92. The number of hydrogen-bond acceptors (Lipinski definition) is 3. The van der Waals surface area contributed by atoms with Crippen LogP contribution in [0.4, 0.5) is 16.2 Å². The second-order valence-corrected chi connectivity index (χ2v) is 5.93. The Morgan fingerprint density at radius 1 is 1.16 bits per heavy atom. The molecule has 0 aromatic heterocycles. The summed E-state index contributed by atoms with van der Waals surface area (Å²) >= 11 is 0. The number of benzene rings is 1. The highest BCUT2D eigenvalue weighted by molar-refractivity contribution is 7.92. The molecular formula is C12H19N3O3S. The van der Waals surface area contributed by atoms with Crippen LogP contribution in [0.15, 0.2) is 24.3 Å². The van der Waals surface area contributed by atoms with Gasteiger partial charge in [-0.1, -0.05) is 13.3 Å². The maximum atomic E-state index is 11.5. The van der Waals surface area contributed by atoms with Crippen LogP contribution < -0.4 is 15.4 Å². The summed E-state index contributed by atoms with van der Waals surface area (Å²) in [6.07, 6.45) is 3.04. The molecule has 1 aromatic carbocycles. The first-order chi connectivity index (χ1) is 8.90. The minimum absolute atomic E-state index is 0.266. The van der Waals surface area contributed by atoms with E-state index in [0.29, 0.717) is 17.9 Å². The van der Waals surface area contributed by atoms with E-state index >= 15 is 0 Å². The molecule has 2 amide bonds. The molecule has 0 heterocycles. The Morgan fingerprint density at radius 2 is 1.74 bits per heavy atom. The van der Waals surface area contributed by atoms with Crippen LogP contribution in [0.2, 0.25) is 0 Å². The van der Waals surface area contributed by atoms with Crippen LogP contribution in [0.5, 0.6) is 0 Å². The molecule has 6 nitrogen and oxygen atoms in total. The number of nitrogens with one attached hydrogen (secondary N) is 3. The highest BCUT2D eigenvalue weighted by Gasteiger charge is 2.03. The number of urea groups is 1. The molecule has 0 spiro atoms. The SMILES string of the molecule is CCCCNC(=O)Nc1ccc(NS(C)(=O)=O)cc1. The van der Waals surface area contributed by atoms with Gasteiger partial charge in [0.1, 0.15) is 0 Å². The van der Waals surface area contributed by atoms with Crippen molar-refractivity contribution in [2.24, 2.45) is 0 Å². The third-order valence-electron chi connectivity index (χ3n) is 2.26. The topological polar surface area (TPSA) is 87.3 Å². The molecule has 0 fully saturated rings. The predicted octanol–water partition coefficient (Wildman–Crippen LogP) is 1.98. The highest BCUT2D eigenvalue weighted by Crippen LogP contribution is 2.14. The van der Waals surface area contributed by atoms with Crippen LogP contribution in [0.1, 0.15) is 19.8 Å². The second kappa shape index (κ2) is 6.98. The molecule has 1 aromatic rings. The molecule has 0 bridgehead atoms. The number of carbonyl (C=O) groups is 1. The smallest absolute Gasteiger partial charge is 0.319 e. The molecule has 1 rings (SSSR count). The van der Waals surface area contributed by atoms with Crippen molar-refractivity contribution in [2.75, 3.05) is 22.8 Å². The fraction of sp³-hybridized carbons (Fsp3) is 0.417. The van der Waals surface area contributed by atoms with Crippen molar-refractivity contribution in [3.05, 3.63) is 24.3 Å². The molecule has 3 N–H and O–H groups in total. The first-order valence-electron chi connectivity index (χ1n) is 6.03. The lowest BCUT2D eigenvalue weighted by molar-refractivity contribution is 0.252. The van der Waals surface area contributed by atoms with Gasteiger partial charge >= 0.3 is 6.03 Å². The second-order valence-electron chi connectivity index (χ2n) is 4.19. The number of unbranched alkanes of at least 4 members (excludes halogenated alkanes) is 1. The summed E-state index contributed by atoms with van der Waals surface area (Å²) in [6, 6.07) is 6.17. The van der Waals surface area contributed by atoms with Crippen LogP contribution in [-0.4, -0.2) is 27.2 Å². The lowest BCUT2D eigenvalue weighted by atomic mass is 10.3. The highest BCUT2D eigenvalue weighted by atomic mass is 32.2. The van der Waals surface area contributed by atoms with Crippen molar-refractivity contribution in [3.63, 3.8) is 0 Å². The van der Waals surface area contributed by atoms with Crippen molar-refractivity contribution in [2.45, 2.75) is 19.8 Å². The van der Waals surface area contributed by atoms with Gasteiger partial charge in [-0.3, -0.25) is 4.72 Å². The van der Waals surface area contributed by atoms with Gasteiger partial charge < -0.3 is 10.6 Å². The normalized spacial score (nSPS) is 10.8. The van der Waals surface area contributed by atoms with Crippen LogP contribution in [0, 0.1) is 0 Å². The number of sulfonamides is 1. The van der Waals surface area contributed by atoms with Crippen molar-refractivity contribution in [1.29, 1.82) is 0 Å². The quantitative estimate of drug-likeness (QED) is 0.698. The lowest BCUT2D eigenvalue weighted by Crippen LogP contribution is -2.29. The first kappa shape index (κ1) is 15.3. The monoisotopic (exact) mass is 285 g/mol. The molecule has 0 saturated heterocycles.